The minimum Gasteiger partial charge on any atom is -0.231 e. The van der Waals surface area contributed by atoms with Gasteiger partial charge in [-0.1, -0.05) is 0 Å². The van der Waals surface area contributed by atoms with E-state index < -0.39 is 11.1 Å². The lowest BCUT2D eigenvalue weighted by molar-refractivity contribution is -0.134. The third-order valence-electron chi connectivity index (χ3n) is 0.608. The Balaban J connectivity index is 2.90. The zero-order valence-electron chi connectivity index (χ0n) is 3.99. The average molecular weight is 151 g/mol. The largest absolute Gasteiger partial charge is 0.427 e. The molecular weight excluding hydrogens is 151 g/mol. The van der Waals surface area contributed by atoms with E-state index in [1.165, 1.54) is 0 Å². The second kappa shape index (κ2) is 1.98. The Kier molecular flexibility index (Phi) is 1.44. The number of rotatable bonds is 0. The molecule has 0 saturated heterocycles. The number of hydrogen-bond acceptors (Lipinski definition) is 2. The van der Waals surface area contributed by atoms with Crippen molar-refractivity contribution >= 4 is 11.3 Å². The van der Waals surface area contributed by atoms with E-state index in [0.717, 1.165) is 0 Å². The van der Waals surface area contributed by atoms with Crippen molar-refractivity contribution in [3.8, 4) is 0 Å². The predicted octanol–water partition coefficient (Wildman–Crippen LogP) is 1.76. The molecule has 1 rings (SSSR count). The molecule has 1 aromatic rings. The highest BCUT2D eigenvalue weighted by molar-refractivity contribution is 7.09. The van der Waals surface area contributed by atoms with Crippen molar-refractivity contribution in [2.45, 2.75) is 6.18 Å². The van der Waals surface area contributed by atoms with Gasteiger partial charge in [0.05, 0.1) is 0 Å². The molecule has 0 unspecified atom stereocenters. The van der Waals surface area contributed by atoms with E-state index in [9.17, 15) is 13.2 Å². The van der Waals surface area contributed by atoms with Crippen LogP contribution in [0.5, 0.6) is 0 Å². The smallest absolute Gasteiger partial charge is 0.231 e. The summed E-state index contributed by atoms with van der Waals surface area (Å²) >= 11 is 0.413. The van der Waals surface area contributed by atoms with Crippen molar-refractivity contribution in [3.05, 3.63) is 16.6 Å². The van der Waals surface area contributed by atoms with E-state index >= 15 is 0 Å². The number of thiazole rings is 1. The standard InChI is InChI=1S/C4F3NS/c5-4(6,7)3-1-8-2-9-3. The van der Waals surface area contributed by atoms with Crippen LogP contribution in [-0.4, -0.2) is 4.98 Å². The molecule has 0 aromatic carbocycles. The molecule has 5 heteroatoms. The summed E-state index contributed by atoms with van der Waals surface area (Å²) in [6, 6.07) is 0. The van der Waals surface area contributed by atoms with Crippen LogP contribution in [0.2, 0.25) is 0 Å². The quantitative estimate of drug-likeness (QED) is 0.550. The van der Waals surface area contributed by atoms with Crippen molar-refractivity contribution < 1.29 is 13.2 Å². The number of halogens is 3. The number of hydrogen-bond donors (Lipinski definition) is 0. The van der Waals surface area contributed by atoms with E-state index in [-0.39, 0.29) is 0 Å². The Hall–Kier alpha value is -0.580. The van der Waals surface area contributed by atoms with Crippen LogP contribution >= 0.6 is 11.3 Å². The molecule has 0 N–H and O–H groups in total. The summed E-state index contributed by atoms with van der Waals surface area (Å²) < 4.78 is 34.6. The summed E-state index contributed by atoms with van der Waals surface area (Å²) in [5.41, 5.74) is 2.05. The van der Waals surface area contributed by atoms with Crippen LogP contribution in [0.3, 0.4) is 0 Å². The normalized spacial score (nSPS) is 11.9. The zero-order chi connectivity index (χ0) is 6.91. The molecule has 0 fully saturated rings. The molecule has 0 bridgehead atoms. The van der Waals surface area contributed by atoms with Gasteiger partial charge < -0.3 is 0 Å². The van der Waals surface area contributed by atoms with Gasteiger partial charge >= 0.3 is 6.18 Å². The van der Waals surface area contributed by atoms with Gasteiger partial charge in [0.2, 0.25) is 0 Å². The van der Waals surface area contributed by atoms with E-state index in [0.29, 0.717) is 11.3 Å². The highest BCUT2D eigenvalue weighted by Gasteiger charge is 2.32. The Labute approximate surface area is 53.2 Å². The summed E-state index contributed by atoms with van der Waals surface area (Å²) in [6.45, 7) is 0. The lowest BCUT2D eigenvalue weighted by Crippen LogP contribution is -2.00. The molecular formula is C4F3NS. The second-order valence-electron chi connectivity index (χ2n) is 1.24. The van der Waals surface area contributed by atoms with Gasteiger partial charge in [-0.05, 0) is 0 Å². The van der Waals surface area contributed by atoms with Gasteiger partial charge in [0, 0.05) is 0 Å². The summed E-state index contributed by atoms with van der Waals surface area (Å²) in [7, 11) is 0. The van der Waals surface area contributed by atoms with Gasteiger partial charge in [0.15, 0.2) is 5.51 Å². The topological polar surface area (TPSA) is 12.9 Å². The van der Waals surface area contributed by atoms with Crippen LogP contribution < -0.4 is 0 Å². The third kappa shape index (κ3) is 1.41. The summed E-state index contributed by atoms with van der Waals surface area (Å²) in [5, 5.41) is 0. The molecule has 48 valence electrons. The number of aromatic nitrogens is 1. The molecule has 0 saturated carbocycles. The molecule has 0 aliphatic rings. The number of nitrogens with zero attached hydrogens (tertiary/aromatic N) is 1. The van der Waals surface area contributed by atoms with Gasteiger partial charge in [-0.3, -0.25) is 0 Å². The third-order valence-corrected chi connectivity index (χ3v) is 1.32. The molecule has 0 spiro atoms. The first kappa shape index (κ1) is 6.54. The predicted molar refractivity (Wildman–Crippen MR) is 24.8 cm³/mol. The zero-order valence-corrected chi connectivity index (χ0v) is 4.81. The van der Waals surface area contributed by atoms with Gasteiger partial charge in [-0.2, -0.15) is 13.2 Å². The fourth-order valence-corrected chi connectivity index (χ4v) is 0.676. The Morgan fingerprint density at radius 2 is 2.11 bits per heavy atom. The Morgan fingerprint density at radius 1 is 1.44 bits per heavy atom. The van der Waals surface area contributed by atoms with Crippen LogP contribution in [-0.2, 0) is 6.18 Å². The Morgan fingerprint density at radius 3 is 2.33 bits per heavy atom. The lowest BCUT2D eigenvalue weighted by Gasteiger charge is -1.97. The highest BCUT2D eigenvalue weighted by Crippen LogP contribution is 2.30. The van der Waals surface area contributed by atoms with Gasteiger partial charge in [0.1, 0.15) is 11.1 Å². The van der Waals surface area contributed by atoms with Crippen LogP contribution in [0.1, 0.15) is 4.88 Å². The summed E-state index contributed by atoms with van der Waals surface area (Å²) in [5.74, 6) is 0. The summed E-state index contributed by atoms with van der Waals surface area (Å²) in [6.07, 6.45) is -2.54. The van der Waals surface area contributed by atoms with Crippen LogP contribution in [0, 0.1) is 11.7 Å². The maximum Gasteiger partial charge on any atom is 0.427 e. The van der Waals surface area contributed by atoms with Gasteiger partial charge in [-0.15, -0.1) is 11.3 Å². The molecule has 9 heavy (non-hydrogen) atoms. The molecule has 1 aromatic heterocycles. The lowest BCUT2D eigenvalue weighted by atomic mass is 10.5. The molecule has 0 amide bonds. The van der Waals surface area contributed by atoms with E-state index in [2.05, 4.69) is 10.5 Å². The first-order valence-corrected chi connectivity index (χ1v) is 2.74. The molecule has 2 radical (unpaired) electrons. The number of alkyl halides is 3. The SMILES string of the molecule is FC(F)(F)c1[c]n[c]s1. The molecule has 1 nitrogen and oxygen atoms in total. The fourth-order valence-electron chi connectivity index (χ4n) is 0.286. The maximum atomic E-state index is 11.5. The van der Waals surface area contributed by atoms with Gasteiger partial charge in [0.25, 0.3) is 0 Å². The first-order chi connectivity index (χ1) is 4.11. The van der Waals surface area contributed by atoms with Crippen molar-refractivity contribution in [3.63, 3.8) is 0 Å². The Bertz CT molecular complexity index is 178. The minimum absolute atomic E-state index is 0.413. The monoisotopic (exact) mass is 151 g/mol. The molecule has 0 atom stereocenters. The second-order valence-corrected chi connectivity index (χ2v) is 2.04. The van der Waals surface area contributed by atoms with E-state index in [1.54, 1.807) is 6.20 Å². The average Bonchev–Trinajstić information content (AvgIpc) is 2.08. The first-order valence-electron chi connectivity index (χ1n) is 1.92. The molecule has 1 heterocycles. The molecule has 0 aliphatic carbocycles. The van der Waals surface area contributed by atoms with Crippen molar-refractivity contribution in [1.29, 1.82) is 0 Å². The van der Waals surface area contributed by atoms with Crippen LogP contribution in [0.15, 0.2) is 0 Å². The minimum atomic E-state index is -4.31. The van der Waals surface area contributed by atoms with Crippen molar-refractivity contribution in [1.82, 2.24) is 4.98 Å². The molecule has 0 aliphatic heterocycles. The maximum absolute atomic E-state index is 11.5. The van der Waals surface area contributed by atoms with E-state index in [1.807, 2.05) is 0 Å². The van der Waals surface area contributed by atoms with Crippen molar-refractivity contribution in [2.75, 3.05) is 0 Å². The van der Waals surface area contributed by atoms with Crippen LogP contribution in [0.4, 0.5) is 13.2 Å². The van der Waals surface area contributed by atoms with Crippen LogP contribution in [0.25, 0.3) is 0 Å². The highest BCUT2D eigenvalue weighted by atomic mass is 32.1. The fraction of sp³-hybridized carbons (Fsp3) is 0.250. The van der Waals surface area contributed by atoms with E-state index in [4.69, 9.17) is 0 Å². The van der Waals surface area contributed by atoms with Gasteiger partial charge in [-0.25, -0.2) is 4.98 Å². The summed E-state index contributed by atoms with van der Waals surface area (Å²) in [4.78, 5) is 2.21. The van der Waals surface area contributed by atoms with Crippen molar-refractivity contribution in [2.24, 2.45) is 0 Å².